The number of nitro groups is 1. The van der Waals surface area contributed by atoms with E-state index in [9.17, 15) is 15.4 Å². The Morgan fingerprint density at radius 2 is 2.18 bits per heavy atom. The molecule has 0 aromatic heterocycles. The Morgan fingerprint density at radius 3 is 2.64 bits per heavy atom. The van der Waals surface area contributed by atoms with Crippen molar-refractivity contribution in [3.8, 4) is 6.07 Å². The number of hydrogen-bond donors (Lipinski definition) is 1. The molecule has 0 radical (unpaired) electrons. The Balaban J connectivity index is 2.61. The summed E-state index contributed by atoms with van der Waals surface area (Å²) in [6.45, 7) is 3.15. The number of nitriles is 1. The predicted octanol–water partition coefficient (Wildman–Crippen LogP) is 2.26. The summed E-state index contributed by atoms with van der Waals surface area (Å²) in [7, 11) is 3.99. The van der Waals surface area contributed by atoms with Crippen LogP contribution in [0.25, 0.3) is 0 Å². The number of anilines is 2. The Labute approximate surface area is 137 Å². The maximum absolute atomic E-state index is 11.5. The average molecular weight is 368 g/mol. The third-order valence-corrected chi connectivity index (χ3v) is 5.14. The maximum Gasteiger partial charge on any atom is 0.317 e. The molecule has 1 heterocycles. The fourth-order valence-electron chi connectivity index (χ4n) is 2.82. The molecule has 2 N–H and O–H groups in total. The van der Waals surface area contributed by atoms with E-state index in [-0.39, 0.29) is 16.9 Å². The van der Waals surface area contributed by atoms with E-state index in [1.807, 2.05) is 25.1 Å². The molecule has 1 aromatic rings. The van der Waals surface area contributed by atoms with Crippen LogP contribution >= 0.6 is 15.9 Å². The van der Waals surface area contributed by atoms with Crippen molar-refractivity contribution < 1.29 is 4.92 Å². The van der Waals surface area contributed by atoms with Gasteiger partial charge in [0.15, 0.2) is 0 Å². The number of hydrogen-bond acceptors (Lipinski definition) is 6. The first kappa shape index (κ1) is 16.5. The van der Waals surface area contributed by atoms with E-state index in [4.69, 9.17) is 5.73 Å². The second-order valence-electron chi connectivity index (χ2n) is 5.65. The van der Waals surface area contributed by atoms with E-state index in [1.54, 1.807) is 6.92 Å². The molecule has 0 aliphatic carbocycles. The number of nitrogens with two attached hydrogens (primary N) is 1. The number of halogens is 1. The Hall–Kier alpha value is -1.85. The normalized spacial score (nSPS) is 17.8. The van der Waals surface area contributed by atoms with Crippen LogP contribution in [0.2, 0.25) is 0 Å². The fraction of sp³-hybridized carbons (Fsp3) is 0.500. The molecule has 1 aliphatic rings. The topological polar surface area (TPSA) is 99.4 Å². The van der Waals surface area contributed by atoms with Gasteiger partial charge in [-0.15, -0.1) is 0 Å². The molecule has 0 amide bonds. The Kier molecular flexibility index (Phi) is 4.58. The first-order chi connectivity index (χ1) is 10.3. The maximum atomic E-state index is 11.5. The summed E-state index contributed by atoms with van der Waals surface area (Å²) in [5.74, 6) is 0. The molecule has 7 nitrogen and oxygen atoms in total. The standard InChI is InChI=1S/C14H18BrN5O2/c1-8-10(6-16)12(17)14(20(21)22)13(11(8)15)19-5-4-9(7-19)18(2)3/h9H,4-5,7,17H2,1-3H3/t9-/m0/s1. The summed E-state index contributed by atoms with van der Waals surface area (Å²) >= 11 is 3.43. The van der Waals surface area contributed by atoms with Crippen molar-refractivity contribution in [3.63, 3.8) is 0 Å². The number of rotatable bonds is 3. The van der Waals surface area contributed by atoms with E-state index < -0.39 is 4.92 Å². The monoisotopic (exact) mass is 367 g/mol. The highest BCUT2D eigenvalue weighted by Crippen LogP contribution is 2.45. The van der Waals surface area contributed by atoms with Gasteiger partial charge in [0.25, 0.3) is 0 Å². The van der Waals surface area contributed by atoms with Crippen LogP contribution in [0, 0.1) is 28.4 Å². The molecule has 1 aliphatic heterocycles. The van der Waals surface area contributed by atoms with Crippen molar-refractivity contribution in [2.24, 2.45) is 0 Å². The highest BCUT2D eigenvalue weighted by molar-refractivity contribution is 9.10. The van der Waals surface area contributed by atoms with Crippen molar-refractivity contribution >= 4 is 33.0 Å². The molecular weight excluding hydrogens is 350 g/mol. The van der Waals surface area contributed by atoms with Crippen LogP contribution in [0.1, 0.15) is 17.5 Å². The highest BCUT2D eigenvalue weighted by Gasteiger charge is 2.34. The second-order valence-corrected chi connectivity index (χ2v) is 6.44. The van der Waals surface area contributed by atoms with Crippen LogP contribution in [-0.4, -0.2) is 43.0 Å². The summed E-state index contributed by atoms with van der Waals surface area (Å²) in [6, 6.07) is 2.29. The number of nitrogens with zero attached hydrogens (tertiary/aromatic N) is 4. The van der Waals surface area contributed by atoms with Crippen molar-refractivity contribution in [2.45, 2.75) is 19.4 Å². The minimum absolute atomic E-state index is 0.0588. The summed E-state index contributed by atoms with van der Waals surface area (Å²) < 4.78 is 0.573. The van der Waals surface area contributed by atoms with Crippen molar-refractivity contribution in [1.29, 1.82) is 5.26 Å². The minimum atomic E-state index is -0.501. The lowest BCUT2D eigenvalue weighted by molar-refractivity contribution is -0.383. The zero-order chi connectivity index (χ0) is 16.6. The first-order valence-electron chi connectivity index (χ1n) is 6.87. The lowest BCUT2D eigenvalue weighted by Crippen LogP contribution is -2.32. The molecule has 118 valence electrons. The smallest absolute Gasteiger partial charge is 0.317 e. The summed E-state index contributed by atoms with van der Waals surface area (Å²) in [5, 5.41) is 20.7. The molecule has 1 aromatic carbocycles. The van der Waals surface area contributed by atoms with Crippen molar-refractivity contribution in [3.05, 3.63) is 25.7 Å². The second kappa shape index (κ2) is 6.10. The number of benzene rings is 1. The van der Waals surface area contributed by atoms with Gasteiger partial charge in [-0.3, -0.25) is 10.1 Å². The minimum Gasteiger partial charge on any atom is -0.392 e. The summed E-state index contributed by atoms with van der Waals surface area (Å²) in [6.07, 6.45) is 0.926. The van der Waals surface area contributed by atoms with Crippen molar-refractivity contribution in [1.82, 2.24) is 4.90 Å². The SMILES string of the molecule is Cc1c(Br)c(N2CC[C@H](N(C)C)C2)c([N+](=O)[O-])c(N)c1C#N. The van der Waals surface area contributed by atoms with E-state index in [2.05, 4.69) is 20.8 Å². The van der Waals surface area contributed by atoms with E-state index in [1.165, 1.54) is 0 Å². The van der Waals surface area contributed by atoms with Crippen LogP contribution in [0.4, 0.5) is 17.1 Å². The van der Waals surface area contributed by atoms with Gasteiger partial charge < -0.3 is 15.5 Å². The van der Waals surface area contributed by atoms with Crippen LogP contribution in [0.15, 0.2) is 4.47 Å². The van der Waals surface area contributed by atoms with Crippen LogP contribution in [0.3, 0.4) is 0 Å². The van der Waals surface area contributed by atoms with E-state index in [0.717, 1.165) is 6.42 Å². The molecule has 0 spiro atoms. The quantitative estimate of drug-likeness (QED) is 0.499. The van der Waals surface area contributed by atoms with Gasteiger partial charge in [-0.05, 0) is 48.9 Å². The van der Waals surface area contributed by atoms with Crippen LogP contribution in [-0.2, 0) is 0 Å². The molecule has 2 rings (SSSR count). The molecule has 0 unspecified atom stereocenters. The summed E-state index contributed by atoms with van der Waals surface area (Å²) in [4.78, 5) is 15.1. The van der Waals surface area contributed by atoms with E-state index in [0.29, 0.717) is 34.9 Å². The zero-order valence-corrected chi connectivity index (χ0v) is 14.3. The lowest BCUT2D eigenvalue weighted by Gasteiger charge is -2.24. The molecule has 1 saturated heterocycles. The number of likely N-dealkylation sites (N-methyl/N-ethyl adjacent to an activating group) is 1. The fourth-order valence-corrected chi connectivity index (χ4v) is 3.46. The average Bonchev–Trinajstić information content (AvgIpc) is 2.92. The largest absolute Gasteiger partial charge is 0.392 e. The first-order valence-corrected chi connectivity index (χ1v) is 7.66. The van der Waals surface area contributed by atoms with Crippen molar-refractivity contribution in [2.75, 3.05) is 37.8 Å². The zero-order valence-electron chi connectivity index (χ0n) is 12.8. The Bertz CT molecular complexity index is 668. The third-order valence-electron chi connectivity index (χ3n) is 4.17. The third kappa shape index (κ3) is 2.62. The molecular formula is C14H18BrN5O2. The Morgan fingerprint density at radius 1 is 1.55 bits per heavy atom. The molecule has 22 heavy (non-hydrogen) atoms. The molecule has 1 atom stereocenters. The molecule has 0 saturated carbocycles. The van der Waals surface area contributed by atoms with Gasteiger partial charge in [0, 0.05) is 19.1 Å². The number of nitro benzene ring substituents is 1. The number of nitrogen functional groups attached to an aromatic ring is 1. The van der Waals surface area contributed by atoms with Gasteiger partial charge in [-0.25, -0.2) is 0 Å². The lowest BCUT2D eigenvalue weighted by atomic mass is 10.0. The molecule has 1 fully saturated rings. The molecule has 8 heteroatoms. The predicted molar refractivity (Wildman–Crippen MR) is 89.0 cm³/mol. The molecule has 0 bridgehead atoms. The van der Waals surface area contributed by atoms with Gasteiger partial charge in [0.2, 0.25) is 0 Å². The van der Waals surface area contributed by atoms with Gasteiger partial charge in [0.1, 0.15) is 17.4 Å². The highest BCUT2D eigenvalue weighted by atomic mass is 79.9. The van der Waals surface area contributed by atoms with Gasteiger partial charge in [0.05, 0.1) is 15.0 Å². The van der Waals surface area contributed by atoms with Gasteiger partial charge in [-0.1, -0.05) is 0 Å². The van der Waals surface area contributed by atoms with Crippen LogP contribution in [0.5, 0.6) is 0 Å². The summed E-state index contributed by atoms with van der Waals surface area (Å²) in [5.41, 5.74) is 6.93. The van der Waals surface area contributed by atoms with E-state index >= 15 is 0 Å². The van der Waals surface area contributed by atoms with Crippen LogP contribution < -0.4 is 10.6 Å². The van der Waals surface area contributed by atoms with Gasteiger partial charge in [-0.2, -0.15) is 5.26 Å². The van der Waals surface area contributed by atoms with Gasteiger partial charge >= 0.3 is 5.69 Å².